The number of piperidine rings is 1. The first-order valence-corrected chi connectivity index (χ1v) is 8.09. The van der Waals surface area contributed by atoms with Gasteiger partial charge in [-0.2, -0.15) is 0 Å². The van der Waals surface area contributed by atoms with Crippen LogP contribution in [-0.2, 0) is 0 Å². The third-order valence-electron chi connectivity index (χ3n) is 5.27. The lowest BCUT2D eigenvalue weighted by Gasteiger charge is -2.35. The minimum atomic E-state index is 0.535. The van der Waals surface area contributed by atoms with Gasteiger partial charge in [-0.1, -0.05) is 18.2 Å². The molecule has 0 aromatic heterocycles. The summed E-state index contributed by atoms with van der Waals surface area (Å²) in [6.07, 6.45) is 5.47. The fourth-order valence-electron chi connectivity index (χ4n) is 4.12. The van der Waals surface area contributed by atoms with Crippen molar-refractivity contribution in [2.24, 2.45) is 0 Å². The molecule has 0 radical (unpaired) electrons. The van der Waals surface area contributed by atoms with E-state index in [0.717, 1.165) is 24.9 Å². The molecular weight excluding hydrogens is 248 g/mol. The Balaban J connectivity index is 1.33. The van der Waals surface area contributed by atoms with Crippen LogP contribution in [0.1, 0.15) is 37.2 Å². The summed E-state index contributed by atoms with van der Waals surface area (Å²) >= 11 is 0. The summed E-state index contributed by atoms with van der Waals surface area (Å²) < 4.78 is 5.77. The second-order valence-electron chi connectivity index (χ2n) is 6.51. The number of hydrogen-bond donors (Lipinski definition) is 1. The van der Waals surface area contributed by atoms with Crippen LogP contribution in [0.4, 0.5) is 0 Å². The average Bonchev–Trinajstić information content (AvgIpc) is 3.11. The molecule has 3 nitrogen and oxygen atoms in total. The molecule has 0 saturated carbocycles. The topological polar surface area (TPSA) is 24.5 Å². The molecule has 0 aliphatic carbocycles. The SMILES string of the molecule is c1ccc2c(c1)OCC2CNC1CCN2CCCC2C1. The van der Waals surface area contributed by atoms with Crippen LogP contribution < -0.4 is 10.1 Å². The Bertz CT molecular complexity index is 476. The van der Waals surface area contributed by atoms with E-state index in [1.807, 2.05) is 0 Å². The zero-order valence-corrected chi connectivity index (χ0v) is 12.1. The van der Waals surface area contributed by atoms with Crippen LogP contribution in [0.5, 0.6) is 5.75 Å². The lowest BCUT2D eigenvalue weighted by atomic mass is 9.96. The summed E-state index contributed by atoms with van der Waals surface area (Å²) in [4.78, 5) is 2.69. The first kappa shape index (κ1) is 12.7. The zero-order valence-electron chi connectivity index (χ0n) is 12.1. The Morgan fingerprint density at radius 2 is 2.15 bits per heavy atom. The van der Waals surface area contributed by atoms with Crippen LogP contribution in [0.2, 0.25) is 0 Å². The second kappa shape index (κ2) is 5.38. The van der Waals surface area contributed by atoms with Crippen molar-refractivity contribution in [1.82, 2.24) is 10.2 Å². The van der Waals surface area contributed by atoms with Gasteiger partial charge in [-0.3, -0.25) is 0 Å². The van der Waals surface area contributed by atoms with Crippen LogP contribution in [0.25, 0.3) is 0 Å². The fourth-order valence-corrected chi connectivity index (χ4v) is 4.12. The molecule has 4 rings (SSSR count). The minimum Gasteiger partial charge on any atom is -0.493 e. The van der Waals surface area contributed by atoms with E-state index in [2.05, 4.69) is 34.5 Å². The third-order valence-corrected chi connectivity index (χ3v) is 5.27. The molecule has 1 N–H and O–H groups in total. The fraction of sp³-hybridized carbons (Fsp3) is 0.647. The quantitative estimate of drug-likeness (QED) is 0.914. The Hall–Kier alpha value is -1.06. The zero-order chi connectivity index (χ0) is 13.4. The molecular formula is C17H24N2O. The van der Waals surface area contributed by atoms with Crippen LogP contribution in [0.15, 0.2) is 24.3 Å². The Morgan fingerprint density at radius 3 is 3.15 bits per heavy atom. The summed E-state index contributed by atoms with van der Waals surface area (Å²) in [7, 11) is 0. The highest BCUT2D eigenvalue weighted by Gasteiger charge is 2.32. The molecule has 0 bridgehead atoms. The molecule has 3 atom stereocenters. The first-order valence-electron chi connectivity index (χ1n) is 8.09. The molecule has 3 aliphatic heterocycles. The van der Waals surface area contributed by atoms with Crippen molar-refractivity contribution in [3.8, 4) is 5.75 Å². The largest absolute Gasteiger partial charge is 0.493 e. The molecule has 108 valence electrons. The van der Waals surface area contributed by atoms with Gasteiger partial charge in [0, 0.05) is 30.1 Å². The molecule has 2 fully saturated rings. The van der Waals surface area contributed by atoms with Crippen LogP contribution in [-0.4, -0.2) is 43.2 Å². The van der Waals surface area contributed by atoms with E-state index in [9.17, 15) is 0 Å². The van der Waals surface area contributed by atoms with Gasteiger partial charge in [-0.05, 0) is 44.8 Å². The van der Waals surface area contributed by atoms with Gasteiger partial charge >= 0.3 is 0 Å². The smallest absolute Gasteiger partial charge is 0.122 e. The van der Waals surface area contributed by atoms with Gasteiger partial charge in [0.2, 0.25) is 0 Å². The van der Waals surface area contributed by atoms with Gasteiger partial charge in [-0.25, -0.2) is 0 Å². The average molecular weight is 272 g/mol. The summed E-state index contributed by atoms with van der Waals surface area (Å²) in [6, 6.07) is 10.1. The maximum atomic E-state index is 5.77. The van der Waals surface area contributed by atoms with Gasteiger partial charge < -0.3 is 15.0 Å². The second-order valence-corrected chi connectivity index (χ2v) is 6.51. The number of nitrogens with zero attached hydrogens (tertiary/aromatic N) is 1. The number of rotatable bonds is 3. The van der Waals surface area contributed by atoms with E-state index in [4.69, 9.17) is 4.74 Å². The molecule has 1 aromatic rings. The predicted octanol–water partition coefficient (Wildman–Crippen LogP) is 2.38. The third kappa shape index (κ3) is 2.33. The van der Waals surface area contributed by atoms with E-state index in [1.54, 1.807) is 0 Å². The lowest BCUT2D eigenvalue weighted by Crippen LogP contribution is -2.46. The molecule has 2 saturated heterocycles. The summed E-state index contributed by atoms with van der Waals surface area (Å²) in [5.41, 5.74) is 1.39. The number of nitrogens with one attached hydrogen (secondary N) is 1. The van der Waals surface area contributed by atoms with Crippen LogP contribution >= 0.6 is 0 Å². The van der Waals surface area contributed by atoms with Gasteiger partial charge in [0.1, 0.15) is 5.75 Å². The number of benzene rings is 1. The molecule has 0 spiro atoms. The van der Waals surface area contributed by atoms with Crippen molar-refractivity contribution in [2.75, 3.05) is 26.2 Å². The highest BCUT2D eigenvalue weighted by atomic mass is 16.5. The summed E-state index contributed by atoms with van der Waals surface area (Å²) in [5.74, 6) is 1.62. The van der Waals surface area contributed by atoms with E-state index in [1.165, 1.54) is 44.3 Å². The van der Waals surface area contributed by atoms with Gasteiger partial charge in [-0.15, -0.1) is 0 Å². The number of para-hydroxylation sites is 1. The van der Waals surface area contributed by atoms with Crippen LogP contribution in [0, 0.1) is 0 Å². The molecule has 0 amide bonds. The molecule has 20 heavy (non-hydrogen) atoms. The van der Waals surface area contributed by atoms with Gasteiger partial charge in [0.25, 0.3) is 0 Å². The molecule has 3 heteroatoms. The van der Waals surface area contributed by atoms with E-state index < -0.39 is 0 Å². The van der Waals surface area contributed by atoms with Crippen LogP contribution in [0.3, 0.4) is 0 Å². The van der Waals surface area contributed by atoms with E-state index in [-0.39, 0.29) is 0 Å². The Kier molecular flexibility index (Phi) is 3.41. The minimum absolute atomic E-state index is 0.535. The van der Waals surface area contributed by atoms with Gasteiger partial charge in [0.15, 0.2) is 0 Å². The van der Waals surface area contributed by atoms with Crippen molar-refractivity contribution >= 4 is 0 Å². The van der Waals surface area contributed by atoms with Gasteiger partial charge in [0.05, 0.1) is 6.61 Å². The van der Waals surface area contributed by atoms with Crippen molar-refractivity contribution in [1.29, 1.82) is 0 Å². The number of hydrogen-bond acceptors (Lipinski definition) is 3. The van der Waals surface area contributed by atoms with E-state index in [0.29, 0.717) is 12.0 Å². The molecule has 3 aliphatic rings. The van der Waals surface area contributed by atoms with Crippen molar-refractivity contribution in [2.45, 2.75) is 43.7 Å². The van der Waals surface area contributed by atoms with Crippen molar-refractivity contribution in [3.63, 3.8) is 0 Å². The highest BCUT2D eigenvalue weighted by molar-refractivity contribution is 5.39. The molecule has 3 unspecified atom stereocenters. The maximum Gasteiger partial charge on any atom is 0.122 e. The predicted molar refractivity (Wildman–Crippen MR) is 80.3 cm³/mol. The van der Waals surface area contributed by atoms with E-state index >= 15 is 0 Å². The standard InChI is InChI=1S/C17H24N2O/c1-2-6-17-16(5-1)13(12-20-17)11-18-14-7-9-19-8-3-4-15(19)10-14/h1-2,5-6,13-15,18H,3-4,7-12H2. The maximum absolute atomic E-state index is 5.77. The Morgan fingerprint density at radius 1 is 1.20 bits per heavy atom. The number of fused-ring (bicyclic) bond motifs is 2. The normalized spacial score (nSPS) is 32.7. The van der Waals surface area contributed by atoms with Crippen molar-refractivity contribution < 1.29 is 4.74 Å². The lowest BCUT2D eigenvalue weighted by molar-refractivity contribution is 0.165. The molecule has 3 heterocycles. The highest BCUT2D eigenvalue weighted by Crippen LogP contribution is 2.33. The molecule has 1 aromatic carbocycles. The summed E-state index contributed by atoms with van der Waals surface area (Å²) in [5, 5.41) is 3.81. The number of ether oxygens (including phenoxy) is 1. The Labute approximate surface area is 121 Å². The van der Waals surface area contributed by atoms with Crippen molar-refractivity contribution in [3.05, 3.63) is 29.8 Å². The monoisotopic (exact) mass is 272 g/mol. The first-order chi connectivity index (χ1) is 9.90. The summed E-state index contributed by atoms with van der Waals surface area (Å²) in [6.45, 7) is 4.53.